The highest BCUT2D eigenvalue weighted by molar-refractivity contribution is 7.85. The Kier molecular flexibility index (Phi) is 7.16. The summed E-state index contributed by atoms with van der Waals surface area (Å²) in [4.78, 5) is 7.23. The van der Waals surface area contributed by atoms with Crippen molar-refractivity contribution in [2.45, 2.75) is 30.8 Å². The quantitative estimate of drug-likeness (QED) is 0.820. The van der Waals surface area contributed by atoms with Gasteiger partial charge in [-0.05, 0) is 31.6 Å². The summed E-state index contributed by atoms with van der Waals surface area (Å²) in [5.74, 6) is 0.296. The average Bonchev–Trinajstić information content (AvgIpc) is 3.05. The van der Waals surface area contributed by atoms with Crippen LogP contribution in [0, 0.1) is 0 Å². The van der Waals surface area contributed by atoms with Crippen LogP contribution in [0.3, 0.4) is 0 Å². The van der Waals surface area contributed by atoms with Crippen LogP contribution in [0.5, 0.6) is 0 Å². The molecule has 0 radical (unpaired) electrons. The number of anilines is 1. The maximum absolute atomic E-state index is 13.8. The zero-order chi connectivity index (χ0) is 20.9. The number of para-hydroxylation sites is 1. The summed E-state index contributed by atoms with van der Waals surface area (Å²) in [5, 5.41) is 7.00. The number of amidine groups is 1. The third kappa shape index (κ3) is 4.52. The van der Waals surface area contributed by atoms with Gasteiger partial charge < -0.3 is 10.0 Å². The van der Waals surface area contributed by atoms with Crippen LogP contribution in [0.1, 0.15) is 19.8 Å². The lowest BCUT2D eigenvalue weighted by Gasteiger charge is -2.28. The van der Waals surface area contributed by atoms with E-state index in [1.54, 1.807) is 30.3 Å². The summed E-state index contributed by atoms with van der Waals surface area (Å²) in [6.45, 7) is 2.02. The Bertz CT molecular complexity index is 806. The van der Waals surface area contributed by atoms with Gasteiger partial charge in [0.1, 0.15) is 5.84 Å². The number of hydrogen-bond acceptors (Lipinski definition) is 5. The zero-order valence-electron chi connectivity index (χ0n) is 16.0. The van der Waals surface area contributed by atoms with Crippen LogP contribution in [-0.2, 0) is 10.8 Å². The molecule has 0 bridgehead atoms. The maximum atomic E-state index is 13.8. The molecule has 0 amide bonds. The first-order valence-electron chi connectivity index (χ1n) is 8.70. The standard InChI is InChI=1S/C18H20F3N3OS.CH4O/c1-13-10-14(8-9-22-13)11-16-23-17(26(2)25,18(19,20)21)12-24(16)15-6-4-3-5-7-15;1-2/h3-7,10H,8-9,11-12H2,1-2H3;2H,1H3. The highest BCUT2D eigenvalue weighted by Crippen LogP contribution is 2.42. The second-order valence-electron chi connectivity index (χ2n) is 6.44. The molecule has 0 aromatic heterocycles. The van der Waals surface area contributed by atoms with Crippen molar-refractivity contribution < 1.29 is 22.5 Å². The summed E-state index contributed by atoms with van der Waals surface area (Å²) < 4.78 is 53.5. The largest absolute Gasteiger partial charge is 0.427 e. The smallest absolute Gasteiger partial charge is 0.400 e. The fourth-order valence-corrected chi connectivity index (χ4v) is 4.07. The van der Waals surface area contributed by atoms with Crippen LogP contribution in [-0.4, -0.2) is 58.4 Å². The number of nitrogens with zero attached hydrogens (tertiary/aromatic N) is 3. The number of hydrogen-bond donors (Lipinski definition) is 1. The topological polar surface area (TPSA) is 65.3 Å². The molecular weight excluding hydrogens is 391 g/mol. The van der Waals surface area contributed by atoms with E-state index in [1.807, 2.05) is 13.0 Å². The first-order chi connectivity index (χ1) is 13.2. The number of aliphatic hydroxyl groups excluding tert-OH is 1. The van der Waals surface area contributed by atoms with Gasteiger partial charge in [-0.3, -0.25) is 9.20 Å². The molecule has 0 saturated carbocycles. The Morgan fingerprint density at radius 1 is 1.25 bits per heavy atom. The minimum absolute atomic E-state index is 0.288. The molecule has 154 valence electrons. The highest BCUT2D eigenvalue weighted by atomic mass is 32.2. The number of rotatable bonds is 4. The van der Waals surface area contributed by atoms with E-state index in [1.165, 1.54) is 4.90 Å². The lowest BCUT2D eigenvalue weighted by Crippen LogP contribution is -2.51. The summed E-state index contributed by atoms with van der Waals surface area (Å²) in [5.41, 5.74) is 2.46. The van der Waals surface area contributed by atoms with Crippen molar-refractivity contribution in [1.29, 1.82) is 0 Å². The summed E-state index contributed by atoms with van der Waals surface area (Å²) in [6, 6.07) is 8.81. The Balaban J connectivity index is 0.00000136. The lowest BCUT2D eigenvalue weighted by molar-refractivity contribution is -0.154. The number of halogens is 3. The fourth-order valence-electron chi connectivity index (χ4n) is 3.20. The van der Waals surface area contributed by atoms with Gasteiger partial charge in [0.25, 0.3) is 0 Å². The van der Waals surface area contributed by atoms with E-state index < -0.39 is 28.4 Å². The van der Waals surface area contributed by atoms with Crippen molar-refractivity contribution in [1.82, 2.24) is 0 Å². The monoisotopic (exact) mass is 415 g/mol. The molecule has 9 heteroatoms. The molecular formula is C19H24F3N3O2S. The number of alkyl halides is 3. The molecule has 2 unspecified atom stereocenters. The van der Waals surface area contributed by atoms with E-state index in [4.69, 9.17) is 5.11 Å². The van der Waals surface area contributed by atoms with Crippen LogP contribution < -0.4 is 4.90 Å². The van der Waals surface area contributed by atoms with Crippen molar-refractivity contribution in [3.05, 3.63) is 42.0 Å². The molecule has 0 saturated heterocycles. The second-order valence-corrected chi connectivity index (χ2v) is 8.02. The Labute approximate surface area is 165 Å². The first-order valence-corrected chi connectivity index (χ1v) is 10.3. The van der Waals surface area contributed by atoms with E-state index in [-0.39, 0.29) is 6.42 Å². The van der Waals surface area contributed by atoms with Crippen LogP contribution in [0.15, 0.2) is 52.0 Å². The first kappa shape index (κ1) is 22.3. The minimum Gasteiger partial charge on any atom is -0.400 e. The minimum atomic E-state index is -4.69. The number of aliphatic hydroxyl groups is 1. The van der Waals surface area contributed by atoms with Crippen molar-refractivity contribution in [3.63, 3.8) is 0 Å². The summed E-state index contributed by atoms with van der Waals surface area (Å²) >= 11 is 0. The molecule has 5 nitrogen and oxygen atoms in total. The normalized spacial score (nSPS) is 23.2. The third-order valence-corrected chi connectivity index (χ3v) is 5.98. The van der Waals surface area contributed by atoms with Gasteiger partial charge in [-0.25, -0.2) is 4.99 Å². The number of benzene rings is 1. The van der Waals surface area contributed by atoms with Crippen molar-refractivity contribution in [2.24, 2.45) is 9.98 Å². The Morgan fingerprint density at radius 3 is 2.43 bits per heavy atom. The lowest BCUT2D eigenvalue weighted by atomic mass is 10.0. The molecule has 1 aromatic rings. The van der Waals surface area contributed by atoms with Gasteiger partial charge in [0, 0.05) is 37.7 Å². The van der Waals surface area contributed by atoms with Gasteiger partial charge in [-0.15, -0.1) is 0 Å². The highest BCUT2D eigenvalue weighted by Gasteiger charge is 2.62. The Morgan fingerprint density at radius 2 is 1.89 bits per heavy atom. The van der Waals surface area contributed by atoms with Crippen LogP contribution in [0.25, 0.3) is 0 Å². The van der Waals surface area contributed by atoms with Gasteiger partial charge in [0.15, 0.2) is 0 Å². The van der Waals surface area contributed by atoms with Crippen molar-refractivity contribution >= 4 is 28.0 Å². The van der Waals surface area contributed by atoms with E-state index in [2.05, 4.69) is 9.98 Å². The third-order valence-electron chi connectivity index (χ3n) is 4.57. The van der Waals surface area contributed by atoms with Crippen molar-refractivity contribution in [3.8, 4) is 0 Å². The molecule has 2 atom stereocenters. The molecule has 0 spiro atoms. The predicted octanol–water partition coefficient (Wildman–Crippen LogP) is 3.33. The van der Waals surface area contributed by atoms with Gasteiger partial charge >= 0.3 is 6.18 Å². The molecule has 2 aliphatic rings. The summed E-state index contributed by atoms with van der Waals surface area (Å²) in [6.07, 6.45) is -0.755. The SMILES string of the molecule is CC1=NCCC(CC2=NC(S(C)=O)(C(F)(F)F)CN2c2ccccc2)=C1.CO. The van der Waals surface area contributed by atoms with E-state index >= 15 is 0 Å². The van der Waals surface area contributed by atoms with Gasteiger partial charge in [0.05, 0.1) is 17.3 Å². The molecule has 3 rings (SSSR count). The van der Waals surface area contributed by atoms with E-state index in [0.717, 1.165) is 24.7 Å². The fraction of sp³-hybridized carbons (Fsp3) is 0.474. The maximum Gasteiger partial charge on any atom is 0.427 e. The summed E-state index contributed by atoms with van der Waals surface area (Å²) in [7, 11) is -1.20. The van der Waals surface area contributed by atoms with E-state index in [9.17, 15) is 17.4 Å². The van der Waals surface area contributed by atoms with Crippen molar-refractivity contribution in [2.75, 3.05) is 31.4 Å². The van der Waals surface area contributed by atoms with Gasteiger partial charge in [-0.2, -0.15) is 13.2 Å². The molecule has 0 fully saturated rings. The van der Waals surface area contributed by atoms with Gasteiger partial charge in [0.2, 0.25) is 4.87 Å². The van der Waals surface area contributed by atoms with Crippen LogP contribution in [0.4, 0.5) is 18.9 Å². The van der Waals surface area contributed by atoms with Crippen LogP contribution in [0.2, 0.25) is 0 Å². The number of allylic oxidation sites excluding steroid dienone is 1. The van der Waals surface area contributed by atoms with E-state index in [0.29, 0.717) is 24.5 Å². The second kappa shape index (κ2) is 9.00. The molecule has 0 aliphatic carbocycles. The predicted molar refractivity (Wildman–Crippen MR) is 108 cm³/mol. The molecule has 28 heavy (non-hydrogen) atoms. The Hall–Kier alpha value is -2.00. The zero-order valence-corrected chi connectivity index (χ0v) is 16.8. The molecule has 2 heterocycles. The number of dihydropyridines is 1. The molecule has 1 N–H and O–H groups in total. The molecule has 2 aliphatic heterocycles. The average molecular weight is 415 g/mol. The van der Waals surface area contributed by atoms with Gasteiger partial charge in [-0.1, -0.05) is 23.8 Å². The van der Waals surface area contributed by atoms with Crippen LogP contribution >= 0.6 is 0 Å². The number of aliphatic imine (C=N–C) groups is 2. The molecule has 1 aromatic carbocycles.